The maximum atomic E-state index is 10.4. The fourth-order valence-electron chi connectivity index (χ4n) is 5.98. The molecular weight excluding hydrogens is 254 g/mol. The number of phenolic OH excluding ortho intramolecular Hbond substituents is 1. The Morgan fingerprint density at radius 3 is 3.05 bits per heavy atom. The Morgan fingerprint density at radius 1 is 1.35 bits per heavy atom. The van der Waals surface area contributed by atoms with Crippen LogP contribution in [0.4, 0.5) is 0 Å². The van der Waals surface area contributed by atoms with Crippen LogP contribution in [0, 0.1) is 5.92 Å². The first-order chi connectivity index (χ1) is 9.62. The van der Waals surface area contributed by atoms with Crippen molar-refractivity contribution in [3.63, 3.8) is 0 Å². The summed E-state index contributed by atoms with van der Waals surface area (Å²) in [5, 5.41) is 20.5. The van der Waals surface area contributed by atoms with E-state index in [4.69, 9.17) is 4.74 Å². The van der Waals surface area contributed by atoms with E-state index in [1.807, 2.05) is 6.08 Å². The summed E-state index contributed by atoms with van der Waals surface area (Å²) in [6.45, 7) is 0. The van der Waals surface area contributed by atoms with Crippen molar-refractivity contribution in [2.45, 2.75) is 35.6 Å². The maximum Gasteiger partial charge on any atom is 0.165 e. The van der Waals surface area contributed by atoms with Gasteiger partial charge in [0.15, 0.2) is 11.5 Å². The Hall–Kier alpha value is -1.52. The first-order valence-corrected chi connectivity index (χ1v) is 7.25. The molecule has 1 saturated heterocycles. The molecule has 7 unspecified atom stereocenters. The lowest BCUT2D eigenvalue weighted by molar-refractivity contribution is 0.00607. The molecule has 1 aromatic rings. The van der Waals surface area contributed by atoms with E-state index >= 15 is 0 Å². The van der Waals surface area contributed by atoms with Gasteiger partial charge in [-0.05, 0) is 25.1 Å². The number of likely N-dealkylation sites (tertiary alicyclic amines) is 1. The minimum atomic E-state index is -0.580. The molecule has 2 heterocycles. The Morgan fingerprint density at radius 2 is 2.20 bits per heavy atom. The monoisotopic (exact) mass is 269 g/mol. The third kappa shape index (κ3) is 0.675. The number of phenols is 1. The second-order valence-corrected chi connectivity index (χ2v) is 6.97. The summed E-state index contributed by atoms with van der Waals surface area (Å²) >= 11 is 0. The molecule has 4 heteroatoms. The lowest BCUT2D eigenvalue weighted by Crippen LogP contribution is -2.51. The van der Waals surface area contributed by atoms with Crippen LogP contribution in [0.25, 0.3) is 0 Å². The highest BCUT2D eigenvalue weighted by molar-refractivity contribution is 5.70. The number of aromatic hydroxyl groups is 1. The lowest BCUT2D eigenvalue weighted by atomic mass is 9.64. The summed E-state index contributed by atoms with van der Waals surface area (Å²) < 4.78 is 6.02. The van der Waals surface area contributed by atoms with Crippen molar-refractivity contribution in [1.29, 1.82) is 0 Å². The van der Waals surface area contributed by atoms with E-state index in [0.717, 1.165) is 6.42 Å². The van der Waals surface area contributed by atoms with E-state index < -0.39 is 6.10 Å². The molecule has 3 aliphatic carbocycles. The van der Waals surface area contributed by atoms with Crippen LogP contribution in [0.2, 0.25) is 0 Å². The highest BCUT2D eigenvalue weighted by atomic mass is 16.5. The largest absolute Gasteiger partial charge is 0.504 e. The van der Waals surface area contributed by atoms with Gasteiger partial charge in [-0.1, -0.05) is 18.2 Å². The number of fused-ring (bicyclic) bond motifs is 1. The number of benzene rings is 1. The molecule has 2 aliphatic heterocycles. The minimum Gasteiger partial charge on any atom is -0.504 e. The summed E-state index contributed by atoms with van der Waals surface area (Å²) in [5.41, 5.74) is 2.50. The van der Waals surface area contributed by atoms with Gasteiger partial charge in [0.2, 0.25) is 0 Å². The van der Waals surface area contributed by atoms with Crippen LogP contribution in [-0.2, 0) is 11.0 Å². The molecule has 1 saturated carbocycles. The van der Waals surface area contributed by atoms with Gasteiger partial charge in [-0.25, -0.2) is 0 Å². The van der Waals surface area contributed by atoms with Crippen molar-refractivity contribution in [2.24, 2.45) is 5.92 Å². The molecule has 2 bridgehead atoms. The number of hydrogen-bond acceptors (Lipinski definition) is 4. The molecule has 0 aromatic heterocycles. The molecule has 7 atom stereocenters. The van der Waals surface area contributed by atoms with E-state index in [1.54, 1.807) is 6.07 Å². The first kappa shape index (κ1) is 10.2. The lowest BCUT2D eigenvalue weighted by Gasteiger charge is -2.40. The maximum absolute atomic E-state index is 10.4. The Balaban J connectivity index is 1.77. The third-order valence-corrected chi connectivity index (χ3v) is 6.61. The average molecular weight is 269 g/mol. The molecule has 6 rings (SSSR count). The zero-order valence-corrected chi connectivity index (χ0v) is 11.1. The molecule has 5 aliphatic rings. The molecule has 1 aromatic carbocycles. The third-order valence-electron chi connectivity index (χ3n) is 6.61. The van der Waals surface area contributed by atoms with E-state index in [9.17, 15) is 10.2 Å². The number of aliphatic hydroxyl groups is 1. The Kier molecular flexibility index (Phi) is 1.29. The molecule has 0 amide bonds. The van der Waals surface area contributed by atoms with Crippen LogP contribution in [0.3, 0.4) is 0 Å². The number of likely N-dealkylation sites (N-methyl/N-ethyl adjacent to an activating group) is 1. The zero-order chi connectivity index (χ0) is 13.4. The van der Waals surface area contributed by atoms with E-state index in [0.29, 0.717) is 17.7 Å². The minimum absolute atomic E-state index is 0.116. The van der Waals surface area contributed by atoms with Crippen molar-refractivity contribution in [2.75, 3.05) is 7.05 Å². The summed E-state index contributed by atoms with van der Waals surface area (Å²) in [4.78, 5) is 2.45. The molecule has 4 nitrogen and oxygen atoms in total. The van der Waals surface area contributed by atoms with Gasteiger partial charge in [0, 0.05) is 22.9 Å². The van der Waals surface area contributed by atoms with Crippen molar-refractivity contribution >= 4 is 0 Å². The Labute approximate surface area is 116 Å². The van der Waals surface area contributed by atoms with Gasteiger partial charge in [-0.3, -0.25) is 4.90 Å². The highest BCUT2D eigenvalue weighted by Gasteiger charge is 2.84. The smallest absolute Gasteiger partial charge is 0.165 e. The number of hydrogen-bond donors (Lipinski definition) is 2. The van der Waals surface area contributed by atoms with Gasteiger partial charge < -0.3 is 14.9 Å². The van der Waals surface area contributed by atoms with Crippen molar-refractivity contribution < 1.29 is 14.9 Å². The van der Waals surface area contributed by atoms with Crippen molar-refractivity contribution in [1.82, 2.24) is 4.90 Å². The normalized spacial score (nSPS) is 54.6. The molecule has 0 radical (unpaired) electrons. The second kappa shape index (κ2) is 2.51. The summed E-state index contributed by atoms with van der Waals surface area (Å²) in [6, 6.07) is 4.34. The van der Waals surface area contributed by atoms with E-state index in [2.05, 4.69) is 24.1 Å². The quantitative estimate of drug-likeness (QED) is 0.542. The van der Waals surface area contributed by atoms with Gasteiger partial charge in [-0.15, -0.1) is 0 Å². The topological polar surface area (TPSA) is 52.7 Å². The molecular formula is C16H15NO3. The fourth-order valence-corrected chi connectivity index (χ4v) is 5.98. The first-order valence-electron chi connectivity index (χ1n) is 7.25. The summed E-state index contributed by atoms with van der Waals surface area (Å²) in [5.74, 6) is 1.23. The molecule has 2 fully saturated rings. The summed E-state index contributed by atoms with van der Waals surface area (Å²) in [6.07, 6.45) is 4.26. The Bertz CT molecular complexity index is 729. The van der Waals surface area contributed by atoms with E-state index in [1.165, 1.54) is 11.1 Å². The van der Waals surface area contributed by atoms with Crippen LogP contribution < -0.4 is 4.74 Å². The van der Waals surface area contributed by atoms with Crippen molar-refractivity contribution in [3.05, 3.63) is 35.4 Å². The van der Waals surface area contributed by atoms with Crippen LogP contribution in [0.15, 0.2) is 24.3 Å². The zero-order valence-electron chi connectivity index (χ0n) is 11.1. The van der Waals surface area contributed by atoms with Crippen LogP contribution >= 0.6 is 0 Å². The number of rotatable bonds is 0. The molecule has 102 valence electrons. The van der Waals surface area contributed by atoms with Crippen LogP contribution in [0.1, 0.15) is 17.5 Å². The van der Waals surface area contributed by atoms with Crippen LogP contribution in [0.5, 0.6) is 11.5 Å². The van der Waals surface area contributed by atoms with E-state index in [-0.39, 0.29) is 22.8 Å². The standard InChI is InChI=1S/C16H15NO3/c1-17-13-8-3-5-10(19)14-15(8)6-16(13,17)7-2-4-9(18)12(20-14)11(7)15/h2-5,8,10,13-14,18-19H,6H2,1H3. The highest BCUT2D eigenvalue weighted by Crippen LogP contribution is 2.79. The van der Waals surface area contributed by atoms with Gasteiger partial charge in [-0.2, -0.15) is 0 Å². The summed E-state index contributed by atoms with van der Waals surface area (Å²) in [7, 11) is 2.19. The average Bonchev–Trinajstić information content (AvgIpc) is 2.80. The fraction of sp³-hybridized carbons (Fsp3) is 0.500. The van der Waals surface area contributed by atoms with Gasteiger partial charge >= 0.3 is 0 Å². The number of piperidine rings is 1. The van der Waals surface area contributed by atoms with Crippen LogP contribution in [-0.4, -0.2) is 40.4 Å². The molecule has 20 heavy (non-hydrogen) atoms. The number of aliphatic hydroxyl groups excluding tert-OH is 1. The van der Waals surface area contributed by atoms with Gasteiger partial charge in [0.25, 0.3) is 0 Å². The molecule has 2 spiro atoms. The number of ether oxygens (including phenoxy) is 1. The predicted molar refractivity (Wildman–Crippen MR) is 70.7 cm³/mol. The number of nitrogens with zero attached hydrogens (tertiary/aromatic N) is 1. The molecule has 2 N–H and O–H groups in total. The van der Waals surface area contributed by atoms with Gasteiger partial charge in [0.05, 0.1) is 5.54 Å². The van der Waals surface area contributed by atoms with Gasteiger partial charge in [0.1, 0.15) is 12.2 Å². The van der Waals surface area contributed by atoms with Crippen molar-refractivity contribution in [3.8, 4) is 11.5 Å². The SMILES string of the molecule is CN1C2C3C=CC(O)C4Oc5c(O)ccc6c5C34CC621. The predicted octanol–water partition coefficient (Wildman–Crippen LogP) is 0.864. The second-order valence-electron chi connectivity index (χ2n) is 6.97.